The first-order valence-corrected chi connectivity index (χ1v) is 7.81. The zero-order valence-corrected chi connectivity index (χ0v) is 12.6. The van der Waals surface area contributed by atoms with Crippen LogP contribution in [0.5, 0.6) is 5.75 Å². The molecule has 1 aliphatic heterocycles. The molecule has 1 heterocycles. The van der Waals surface area contributed by atoms with Crippen LogP contribution in [0.3, 0.4) is 0 Å². The van der Waals surface area contributed by atoms with E-state index in [-0.39, 0.29) is 11.9 Å². The van der Waals surface area contributed by atoms with Gasteiger partial charge in [-0.1, -0.05) is 17.7 Å². The maximum absolute atomic E-state index is 9.84. The number of likely N-dealkylation sites (N-methyl/N-ethyl adjacent to an activating group) is 1. The van der Waals surface area contributed by atoms with Gasteiger partial charge in [-0.15, -0.1) is 11.8 Å². The molecule has 19 heavy (non-hydrogen) atoms. The Morgan fingerprint density at radius 2 is 2.32 bits per heavy atom. The highest BCUT2D eigenvalue weighted by Crippen LogP contribution is 2.41. The second-order valence-electron chi connectivity index (χ2n) is 4.34. The zero-order chi connectivity index (χ0) is 13.8. The van der Waals surface area contributed by atoms with Gasteiger partial charge in [0.15, 0.2) is 0 Å². The highest BCUT2D eigenvalue weighted by molar-refractivity contribution is 7.98. The van der Waals surface area contributed by atoms with Crippen molar-refractivity contribution < 1.29 is 9.84 Å². The van der Waals surface area contributed by atoms with Gasteiger partial charge in [-0.05, 0) is 37.4 Å². The second-order valence-corrected chi connectivity index (χ2v) is 5.57. The predicted molar refractivity (Wildman–Crippen MR) is 81.2 cm³/mol. The molecule has 2 rings (SSSR count). The number of hydrogen-bond donors (Lipinski definition) is 2. The molecule has 2 N–H and O–H groups in total. The number of phenols is 1. The highest BCUT2D eigenvalue weighted by atomic mass is 35.5. The summed E-state index contributed by atoms with van der Waals surface area (Å²) in [7, 11) is 1.90. The Kier molecular flexibility index (Phi) is 5.16. The number of halogens is 1. The maximum atomic E-state index is 9.84. The molecule has 0 bridgehead atoms. The normalized spacial score (nSPS) is 19.3. The molecule has 0 saturated carbocycles. The van der Waals surface area contributed by atoms with Gasteiger partial charge >= 0.3 is 0 Å². The van der Waals surface area contributed by atoms with Crippen molar-refractivity contribution in [1.29, 1.82) is 0 Å². The molecule has 0 fully saturated rings. The Morgan fingerprint density at radius 1 is 1.53 bits per heavy atom. The number of nitrogens with one attached hydrogen (secondary N) is 1. The van der Waals surface area contributed by atoms with Crippen molar-refractivity contribution in [2.75, 3.05) is 26.5 Å². The van der Waals surface area contributed by atoms with Gasteiger partial charge < -0.3 is 15.2 Å². The van der Waals surface area contributed by atoms with E-state index in [1.165, 1.54) is 0 Å². The third kappa shape index (κ3) is 3.08. The molecule has 1 unspecified atom stereocenters. The smallest absolute Gasteiger partial charge is 0.134 e. The van der Waals surface area contributed by atoms with Crippen LogP contribution in [0.4, 0.5) is 0 Å². The Bertz CT molecular complexity index is 491. The average molecular weight is 300 g/mol. The van der Waals surface area contributed by atoms with Crippen LogP contribution >= 0.6 is 23.4 Å². The minimum atomic E-state index is -0.0241. The Balaban J connectivity index is 2.49. The molecule has 0 amide bonds. The van der Waals surface area contributed by atoms with Crippen molar-refractivity contribution >= 4 is 28.9 Å². The largest absolute Gasteiger partial charge is 0.506 e. The molecule has 1 atom stereocenters. The van der Waals surface area contributed by atoms with Crippen LogP contribution in [-0.2, 0) is 4.74 Å². The van der Waals surface area contributed by atoms with Gasteiger partial charge in [0, 0.05) is 17.0 Å². The lowest BCUT2D eigenvalue weighted by molar-refractivity contribution is 0.0885. The molecule has 0 aliphatic carbocycles. The molecule has 1 aromatic carbocycles. The first-order valence-electron chi connectivity index (χ1n) is 6.21. The van der Waals surface area contributed by atoms with E-state index in [4.69, 9.17) is 16.3 Å². The van der Waals surface area contributed by atoms with Gasteiger partial charge in [-0.2, -0.15) is 0 Å². The van der Waals surface area contributed by atoms with Crippen molar-refractivity contribution in [3.8, 4) is 5.75 Å². The number of hydrogen-bond acceptors (Lipinski definition) is 4. The minimum Gasteiger partial charge on any atom is -0.506 e. The van der Waals surface area contributed by atoms with Crippen LogP contribution in [0.15, 0.2) is 23.1 Å². The fourth-order valence-corrected chi connectivity index (χ4v) is 3.21. The SMILES string of the molecule is CNCC1OCCC=C1c1c(SC)ccc(O)c1Cl. The Morgan fingerprint density at radius 3 is 3.00 bits per heavy atom. The first-order chi connectivity index (χ1) is 9.19. The molecule has 0 aromatic heterocycles. The molecule has 0 radical (unpaired) electrons. The molecule has 1 aromatic rings. The van der Waals surface area contributed by atoms with E-state index in [1.54, 1.807) is 17.8 Å². The number of aromatic hydroxyl groups is 1. The monoisotopic (exact) mass is 299 g/mol. The van der Waals surface area contributed by atoms with Gasteiger partial charge in [0.2, 0.25) is 0 Å². The summed E-state index contributed by atoms with van der Waals surface area (Å²) in [5.41, 5.74) is 1.96. The number of ether oxygens (including phenoxy) is 1. The summed E-state index contributed by atoms with van der Waals surface area (Å²) >= 11 is 7.92. The lowest BCUT2D eigenvalue weighted by Gasteiger charge is -2.27. The summed E-state index contributed by atoms with van der Waals surface area (Å²) in [6.07, 6.45) is 5.01. The molecule has 104 valence electrons. The maximum Gasteiger partial charge on any atom is 0.134 e. The second kappa shape index (κ2) is 6.66. The fourth-order valence-electron chi connectivity index (χ4n) is 2.25. The number of rotatable bonds is 4. The van der Waals surface area contributed by atoms with E-state index in [0.717, 1.165) is 35.6 Å². The number of thioether (sulfide) groups is 1. The predicted octanol–water partition coefficient (Wildman–Crippen LogP) is 3.16. The van der Waals surface area contributed by atoms with Crippen molar-refractivity contribution in [2.45, 2.75) is 17.4 Å². The summed E-state index contributed by atoms with van der Waals surface area (Å²) in [4.78, 5) is 1.06. The van der Waals surface area contributed by atoms with Crippen LogP contribution in [0.2, 0.25) is 5.02 Å². The Hall–Kier alpha value is -0.680. The molecule has 0 saturated heterocycles. The van der Waals surface area contributed by atoms with E-state index >= 15 is 0 Å². The van der Waals surface area contributed by atoms with Crippen molar-refractivity contribution in [2.24, 2.45) is 0 Å². The van der Waals surface area contributed by atoms with E-state index in [1.807, 2.05) is 19.4 Å². The molecule has 5 heteroatoms. The summed E-state index contributed by atoms with van der Waals surface area (Å²) in [6, 6.07) is 3.53. The topological polar surface area (TPSA) is 41.5 Å². The lowest BCUT2D eigenvalue weighted by Crippen LogP contribution is -2.30. The summed E-state index contributed by atoms with van der Waals surface area (Å²) in [5, 5.41) is 13.4. The average Bonchev–Trinajstić information content (AvgIpc) is 2.43. The molecule has 0 spiro atoms. The zero-order valence-electron chi connectivity index (χ0n) is 11.1. The van der Waals surface area contributed by atoms with Crippen molar-refractivity contribution in [3.05, 3.63) is 28.8 Å². The van der Waals surface area contributed by atoms with Crippen LogP contribution in [0, 0.1) is 0 Å². The standard InChI is InChI=1S/C14H18ClNO2S/c1-16-8-11-9(4-3-7-18-11)13-12(19-2)6-5-10(17)14(13)15/h4-6,11,16-17H,3,7-8H2,1-2H3. The molecular formula is C14H18ClNO2S. The number of benzene rings is 1. The quantitative estimate of drug-likeness (QED) is 0.838. The van der Waals surface area contributed by atoms with Gasteiger partial charge in [-0.25, -0.2) is 0 Å². The summed E-state index contributed by atoms with van der Waals surface area (Å²) < 4.78 is 5.80. The van der Waals surface area contributed by atoms with Crippen molar-refractivity contribution in [3.63, 3.8) is 0 Å². The first kappa shape index (κ1) is 14.7. The molecule has 1 aliphatic rings. The van der Waals surface area contributed by atoms with E-state index in [2.05, 4.69) is 11.4 Å². The van der Waals surface area contributed by atoms with E-state index < -0.39 is 0 Å². The van der Waals surface area contributed by atoms with Gasteiger partial charge in [0.25, 0.3) is 0 Å². The van der Waals surface area contributed by atoms with Gasteiger partial charge in [-0.3, -0.25) is 0 Å². The highest BCUT2D eigenvalue weighted by Gasteiger charge is 2.24. The number of phenolic OH excluding ortho intramolecular Hbond substituents is 1. The summed E-state index contributed by atoms with van der Waals surface area (Å²) in [5.74, 6) is 0.115. The summed E-state index contributed by atoms with van der Waals surface area (Å²) in [6.45, 7) is 1.45. The van der Waals surface area contributed by atoms with Crippen LogP contribution in [-0.4, -0.2) is 37.7 Å². The third-order valence-corrected chi connectivity index (χ3v) is 4.29. The van der Waals surface area contributed by atoms with Crippen LogP contribution in [0.1, 0.15) is 12.0 Å². The fraction of sp³-hybridized carbons (Fsp3) is 0.429. The van der Waals surface area contributed by atoms with E-state index in [9.17, 15) is 5.11 Å². The minimum absolute atomic E-state index is 0.0241. The van der Waals surface area contributed by atoms with Gasteiger partial charge in [0.1, 0.15) is 5.75 Å². The van der Waals surface area contributed by atoms with Crippen LogP contribution < -0.4 is 5.32 Å². The van der Waals surface area contributed by atoms with Crippen molar-refractivity contribution in [1.82, 2.24) is 5.32 Å². The van der Waals surface area contributed by atoms with Gasteiger partial charge in [0.05, 0.1) is 17.7 Å². The van der Waals surface area contributed by atoms with Crippen LogP contribution in [0.25, 0.3) is 5.57 Å². The Labute approximate surface area is 123 Å². The molecular weight excluding hydrogens is 282 g/mol. The third-order valence-electron chi connectivity index (χ3n) is 3.13. The van der Waals surface area contributed by atoms with E-state index in [0.29, 0.717) is 5.02 Å². The lowest BCUT2D eigenvalue weighted by atomic mass is 9.97. The molecule has 3 nitrogen and oxygen atoms in total.